The number of hydrogen-bond acceptors (Lipinski definition) is 4. The summed E-state index contributed by atoms with van der Waals surface area (Å²) >= 11 is 5.56. The zero-order chi connectivity index (χ0) is 11.4. The number of primary amides is 1. The summed E-state index contributed by atoms with van der Waals surface area (Å²) in [5.41, 5.74) is 4.71. The number of rotatable bonds is 3. The molecule has 3 N–H and O–H groups in total. The van der Waals surface area contributed by atoms with Crippen LogP contribution < -0.4 is 5.73 Å². The Morgan fingerprint density at radius 1 is 1.47 bits per heavy atom. The topological polar surface area (TPSA) is 89.6 Å². The van der Waals surface area contributed by atoms with Crippen molar-refractivity contribution in [1.29, 1.82) is 0 Å². The second-order valence-electron chi connectivity index (χ2n) is 2.70. The van der Waals surface area contributed by atoms with E-state index in [1.54, 1.807) is 0 Å². The Morgan fingerprint density at radius 3 is 2.67 bits per heavy atom. The molecule has 5 nitrogen and oxygen atoms in total. The van der Waals surface area contributed by atoms with Gasteiger partial charge in [-0.05, 0) is 18.2 Å². The molecule has 1 aromatic rings. The maximum Gasteiger partial charge on any atom is 0.342 e. The van der Waals surface area contributed by atoms with Gasteiger partial charge >= 0.3 is 5.97 Å². The molecule has 0 heterocycles. The number of carbonyl (C=O) groups is 2. The van der Waals surface area contributed by atoms with Crippen molar-refractivity contribution in [3.63, 3.8) is 0 Å². The van der Waals surface area contributed by atoms with Crippen LogP contribution in [0.5, 0.6) is 5.75 Å². The van der Waals surface area contributed by atoms with Gasteiger partial charge in [0.2, 0.25) is 0 Å². The zero-order valence-electron chi connectivity index (χ0n) is 7.57. The first-order chi connectivity index (χ1) is 7.00. The lowest BCUT2D eigenvalue weighted by Crippen LogP contribution is -2.20. The number of nitrogens with two attached hydrogens (primary N) is 1. The summed E-state index contributed by atoms with van der Waals surface area (Å²) < 4.78 is 4.49. The molecule has 0 aromatic heterocycles. The van der Waals surface area contributed by atoms with E-state index in [2.05, 4.69) is 4.74 Å². The van der Waals surface area contributed by atoms with E-state index in [-0.39, 0.29) is 11.3 Å². The number of aromatic hydroxyl groups is 1. The molecule has 0 saturated carbocycles. The van der Waals surface area contributed by atoms with Gasteiger partial charge in [-0.25, -0.2) is 4.79 Å². The van der Waals surface area contributed by atoms with E-state index in [4.69, 9.17) is 17.3 Å². The maximum atomic E-state index is 11.2. The predicted molar refractivity (Wildman–Crippen MR) is 52.6 cm³/mol. The van der Waals surface area contributed by atoms with Crippen LogP contribution >= 0.6 is 11.6 Å². The monoisotopic (exact) mass is 229 g/mol. The third kappa shape index (κ3) is 3.14. The highest BCUT2D eigenvalue weighted by Gasteiger charge is 2.13. The van der Waals surface area contributed by atoms with Crippen molar-refractivity contribution in [2.75, 3.05) is 6.61 Å². The van der Waals surface area contributed by atoms with Crippen molar-refractivity contribution in [1.82, 2.24) is 0 Å². The van der Waals surface area contributed by atoms with Crippen molar-refractivity contribution >= 4 is 23.5 Å². The third-order valence-corrected chi connectivity index (χ3v) is 1.76. The highest BCUT2D eigenvalue weighted by atomic mass is 35.5. The average Bonchev–Trinajstić information content (AvgIpc) is 2.14. The van der Waals surface area contributed by atoms with Crippen LogP contribution in [0.15, 0.2) is 18.2 Å². The number of carbonyl (C=O) groups excluding carboxylic acids is 2. The minimum Gasteiger partial charge on any atom is -0.507 e. The Labute approximate surface area is 90.4 Å². The quantitative estimate of drug-likeness (QED) is 0.746. The lowest BCUT2D eigenvalue weighted by molar-refractivity contribution is -0.121. The smallest absolute Gasteiger partial charge is 0.342 e. The molecule has 15 heavy (non-hydrogen) atoms. The summed E-state index contributed by atoms with van der Waals surface area (Å²) in [5, 5.41) is 9.62. The van der Waals surface area contributed by atoms with E-state index in [0.717, 1.165) is 0 Å². The van der Waals surface area contributed by atoms with Crippen LogP contribution in [0.1, 0.15) is 10.4 Å². The second-order valence-corrected chi connectivity index (χ2v) is 3.14. The van der Waals surface area contributed by atoms with Gasteiger partial charge in [0, 0.05) is 5.02 Å². The zero-order valence-corrected chi connectivity index (χ0v) is 8.32. The molecular formula is C9H8ClNO4. The molecule has 0 aliphatic rings. The Balaban J connectivity index is 2.78. The van der Waals surface area contributed by atoms with Crippen LogP contribution in [-0.2, 0) is 9.53 Å². The lowest BCUT2D eigenvalue weighted by Gasteiger charge is -2.04. The molecule has 6 heteroatoms. The molecule has 80 valence electrons. The first-order valence-electron chi connectivity index (χ1n) is 3.94. The van der Waals surface area contributed by atoms with Crippen molar-refractivity contribution in [3.05, 3.63) is 28.8 Å². The molecule has 0 radical (unpaired) electrons. The Kier molecular flexibility index (Phi) is 3.51. The molecule has 0 saturated heterocycles. The maximum absolute atomic E-state index is 11.2. The van der Waals surface area contributed by atoms with Gasteiger partial charge in [-0.15, -0.1) is 0 Å². The van der Waals surface area contributed by atoms with Crippen molar-refractivity contribution in [3.8, 4) is 5.75 Å². The van der Waals surface area contributed by atoms with Crippen LogP contribution in [0, 0.1) is 0 Å². The van der Waals surface area contributed by atoms with Crippen LogP contribution in [0.4, 0.5) is 0 Å². The van der Waals surface area contributed by atoms with Gasteiger partial charge in [0.25, 0.3) is 5.91 Å². The van der Waals surface area contributed by atoms with Crippen molar-refractivity contribution in [2.45, 2.75) is 0 Å². The lowest BCUT2D eigenvalue weighted by atomic mass is 10.2. The Morgan fingerprint density at radius 2 is 2.13 bits per heavy atom. The van der Waals surface area contributed by atoms with Crippen molar-refractivity contribution < 1.29 is 19.4 Å². The van der Waals surface area contributed by atoms with E-state index >= 15 is 0 Å². The van der Waals surface area contributed by atoms with E-state index < -0.39 is 18.5 Å². The number of esters is 1. The van der Waals surface area contributed by atoms with E-state index in [1.807, 2.05) is 0 Å². The summed E-state index contributed by atoms with van der Waals surface area (Å²) in [6, 6.07) is 3.91. The van der Waals surface area contributed by atoms with Gasteiger partial charge in [0.1, 0.15) is 11.3 Å². The number of amides is 1. The van der Waals surface area contributed by atoms with Crippen LogP contribution in [0.25, 0.3) is 0 Å². The first kappa shape index (κ1) is 11.3. The fraction of sp³-hybridized carbons (Fsp3) is 0.111. The fourth-order valence-corrected chi connectivity index (χ4v) is 1.06. The van der Waals surface area contributed by atoms with E-state index in [1.165, 1.54) is 18.2 Å². The summed E-state index contributed by atoms with van der Waals surface area (Å²) in [7, 11) is 0. The van der Waals surface area contributed by atoms with Crippen LogP contribution in [0.2, 0.25) is 5.02 Å². The SMILES string of the molecule is NC(=O)COC(=O)c1ccc(Cl)cc1O. The minimum atomic E-state index is -0.831. The van der Waals surface area contributed by atoms with E-state index in [9.17, 15) is 14.7 Å². The third-order valence-electron chi connectivity index (χ3n) is 1.53. The molecular weight excluding hydrogens is 222 g/mol. The minimum absolute atomic E-state index is 0.0688. The summed E-state index contributed by atoms with van der Waals surface area (Å²) in [5.74, 6) is -1.91. The molecule has 0 spiro atoms. The molecule has 0 aliphatic heterocycles. The normalized spacial score (nSPS) is 9.67. The molecule has 0 aliphatic carbocycles. The predicted octanol–water partition coefficient (Wildman–Crippen LogP) is 0.688. The van der Waals surface area contributed by atoms with Gasteiger partial charge in [-0.1, -0.05) is 11.6 Å². The number of ether oxygens (including phenoxy) is 1. The molecule has 1 aromatic carbocycles. The van der Waals surface area contributed by atoms with Gasteiger partial charge in [0.05, 0.1) is 0 Å². The van der Waals surface area contributed by atoms with E-state index in [0.29, 0.717) is 5.02 Å². The first-order valence-corrected chi connectivity index (χ1v) is 4.32. The van der Waals surface area contributed by atoms with Gasteiger partial charge in [-0.3, -0.25) is 4.79 Å². The number of phenols is 1. The molecule has 0 bridgehead atoms. The second kappa shape index (κ2) is 4.65. The van der Waals surface area contributed by atoms with Crippen molar-refractivity contribution in [2.24, 2.45) is 5.73 Å². The largest absolute Gasteiger partial charge is 0.507 e. The highest BCUT2D eigenvalue weighted by Crippen LogP contribution is 2.22. The Bertz CT molecular complexity index is 405. The number of benzene rings is 1. The number of phenolic OH excluding ortho intramolecular Hbond substituents is 1. The Hall–Kier alpha value is -1.75. The van der Waals surface area contributed by atoms with Gasteiger partial charge in [-0.2, -0.15) is 0 Å². The standard InChI is InChI=1S/C9H8ClNO4/c10-5-1-2-6(7(12)3-5)9(14)15-4-8(11)13/h1-3,12H,4H2,(H2,11,13). The molecule has 0 atom stereocenters. The molecule has 0 unspecified atom stereocenters. The summed E-state index contributed by atoms with van der Waals surface area (Å²) in [6.45, 7) is -0.527. The van der Waals surface area contributed by atoms with Crippen LogP contribution in [-0.4, -0.2) is 23.6 Å². The van der Waals surface area contributed by atoms with Crippen LogP contribution in [0.3, 0.4) is 0 Å². The summed E-state index contributed by atoms with van der Waals surface area (Å²) in [6.07, 6.45) is 0. The van der Waals surface area contributed by atoms with Gasteiger partial charge < -0.3 is 15.6 Å². The average molecular weight is 230 g/mol. The highest BCUT2D eigenvalue weighted by molar-refractivity contribution is 6.30. The van der Waals surface area contributed by atoms with Gasteiger partial charge in [0.15, 0.2) is 6.61 Å². The summed E-state index contributed by atoms with van der Waals surface area (Å²) in [4.78, 5) is 21.6. The molecule has 1 rings (SSSR count). The number of hydrogen-bond donors (Lipinski definition) is 2. The molecule has 0 fully saturated rings. The molecule has 1 amide bonds. The number of halogens is 1. The fourth-order valence-electron chi connectivity index (χ4n) is 0.892.